The SMILES string of the molecule is CC1CCCCCC1Nc1nc(N)cc(Br)n1. The number of anilines is 2. The molecule has 1 aromatic rings. The molecule has 0 aliphatic heterocycles. The summed E-state index contributed by atoms with van der Waals surface area (Å²) in [4.78, 5) is 8.53. The average molecular weight is 299 g/mol. The molecule has 2 atom stereocenters. The third kappa shape index (κ3) is 3.56. The quantitative estimate of drug-likeness (QED) is 0.650. The zero-order valence-electron chi connectivity index (χ0n) is 10.1. The summed E-state index contributed by atoms with van der Waals surface area (Å²) in [6.07, 6.45) is 6.43. The van der Waals surface area contributed by atoms with E-state index in [1.807, 2.05) is 0 Å². The average Bonchev–Trinajstić information content (AvgIpc) is 2.43. The summed E-state index contributed by atoms with van der Waals surface area (Å²) in [7, 11) is 0. The number of hydrogen-bond donors (Lipinski definition) is 2. The van der Waals surface area contributed by atoms with Crippen molar-refractivity contribution in [2.45, 2.75) is 45.1 Å². The summed E-state index contributed by atoms with van der Waals surface area (Å²) in [5.74, 6) is 1.80. The molecule has 1 saturated carbocycles. The fourth-order valence-electron chi connectivity index (χ4n) is 2.37. The van der Waals surface area contributed by atoms with Gasteiger partial charge in [-0.25, -0.2) is 4.98 Å². The summed E-state index contributed by atoms with van der Waals surface area (Å²) in [5, 5.41) is 3.42. The van der Waals surface area contributed by atoms with Gasteiger partial charge in [0.25, 0.3) is 0 Å². The van der Waals surface area contributed by atoms with Crippen molar-refractivity contribution in [3.63, 3.8) is 0 Å². The molecular formula is C12H19BrN4. The molecule has 1 aliphatic rings. The summed E-state index contributed by atoms with van der Waals surface area (Å²) in [6, 6.07) is 2.17. The molecule has 3 N–H and O–H groups in total. The Bertz CT molecular complexity index is 363. The van der Waals surface area contributed by atoms with Crippen LogP contribution in [0.15, 0.2) is 10.7 Å². The van der Waals surface area contributed by atoms with E-state index in [0.717, 1.165) is 4.60 Å². The van der Waals surface area contributed by atoms with E-state index >= 15 is 0 Å². The zero-order valence-corrected chi connectivity index (χ0v) is 11.7. The van der Waals surface area contributed by atoms with Crippen LogP contribution < -0.4 is 11.1 Å². The van der Waals surface area contributed by atoms with E-state index in [2.05, 4.69) is 38.1 Å². The maximum atomic E-state index is 5.71. The highest BCUT2D eigenvalue weighted by Gasteiger charge is 2.20. The second-order valence-corrected chi connectivity index (χ2v) is 5.62. The van der Waals surface area contributed by atoms with Crippen molar-refractivity contribution in [1.82, 2.24) is 9.97 Å². The minimum Gasteiger partial charge on any atom is -0.383 e. The molecular weight excluding hydrogens is 280 g/mol. The minimum absolute atomic E-state index is 0.464. The molecule has 94 valence electrons. The van der Waals surface area contributed by atoms with E-state index in [1.54, 1.807) is 6.07 Å². The van der Waals surface area contributed by atoms with Gasteiger partial charge in [0.2, 0.25) is 5.95 Å². The van der Waals surface area contributed by atoms with Gasteiger partial charge in [-0.1, -0.05) is 26.2 Å². The van der Waals surface area contributed by atoms with E-state index in [1.165, 1.54) is 32.1 Å². The molecule has 1 heterocycles. The number of nitrogens with two attached hydrogens (primary N) is 1. The van der Waals surface area contributed by atoms with Crippen LogP contribution in [0.4, 0.5) is 11.8 Å². The van der Waals surface area contributed by atoms with Crippen LogP contribution >= 0.6 is 15.9 Å². The molecule has 2 unspecified atom stereocenters. The molecule has 0 aromatic carbocycles. The maximum absolute atomic E-state index is 5.71. The standard InChI is InChI=1S/C12H19BrN4/c1-8-5-3-2-4-6-9(8)15-12-16-10(13)7-11(14)17-12/h7-9H,2-6H2,1H3,(H3,14,15,16,17). The monoisotopic (exact) mass is 298 g/mol. The summed E-state index contributed by atoms with van der Waals surface area (Å²) >= 11 is 3.34. The van der Waals surface area contributed by atoms with Gasteiger partial charge >= 0.3 is 0 Å². The van der Waals surface area contributed by atoms with Crippen LogP contribution in [0.3, 0.4) is 0 Å². The molecule has 4 nitrogen and oxygen atoms in total. The van der Waals surface area contributed by atoms with Crippen LogP contribution in [0.5, 0.6) is 0 Å². The zero-order chi connectivity index (χ0) is 12.3. The molecule has 5 heteroatoms. The van der Waals surface area contributed by atoms with E-state index in [-0.39, 0.29) is 0 Å². The molecule has 0 amide bonds. The van der Waals surface area contributed by atoms with Gasteiger partial charge < -0.3 is 11.1 Å². The van der Waals surface area contributed by atoms with Crippen molar-refractivity contribution in [3.8, 4) is 0 Å². The van der Waals surface area contributed by atoms with Crippen molar-refractivity contribution in [3.05, 3.63) is 10.7 Å². The number of rotatable bonds is 2. The van der Waals surface area contributed by atoms with Crippen LogP contribution in [-0.2, 0) is 0 Å². The highest BCUT2D eigenvalue weighted by molar-refractivity contribution is 9.10. The Morgan fingerprint density at radius 3 is 2.82 bits per heavy atom. The fourth-order valence-corrected chi connectivity index (χ4v) is 2.78. The van der Waals surface area contributed by atoms with E-state index in [9.17, 15) is 0 Å². The number of hydrogen-bond acceptors (Lipinski definition) is 4. The van der Waals surface area contributed by atoms with E-state index < -0.39 is 0 Å². The first-order valence-electron chi connectivity index (χ1n) is 6.22. The molecule has 1 aromatic heterocycles. The second-order valence-electron chi connectivity index (χ2n) is 4.81. The third-order valence-corrected chi connectivity index (χ3v) is 3.80. The first kappa shape index (κ1) is 12.6. The smallest absolute Gasteiger partial charge is 0.225 e. The molecule has 0 spiro atoms. The topological polar surface area (TPSA) is 63.8 Å². The second kappa shape index (κ2) is 5.67. The first-order valence-corrected chi connectivity index (χ1v) is 7.01. The van der Waals surface area contributed by atoms with Gasteiger partial charge in [0.05, 0.1) is 0 Å². The van der Waals surface area contributed by atoms with Crippen LogP contribution in [-0.4, -0.2) is 16.0 Å². The Balaban J connectivity index is 2.07. The van der Waals surface area contributed by atoms with Gasteiger partial charge in [0, 0.05) is 12.1 Å². The molecule has 1 aliphatic carbocycles. The largest absolute Gasteiger partial charge is 0.383 e. The summed E-state index contributed by atoms with van der Waals surface area (Å²) in [6.45, 7) is 2.30. The van der Waals surface area contributed by atoms with E-state index in [0.29, 0.717) is 23.7 Å². The van der Waals surface area contributed by atoms with Crippen LogP contribution in [0.2, 0.25) is 0 Å². The number of nitrogen functional groups attached to an aromatic ring is 1. The van der Waals surface area contributed by atoms with Gasteiger partial charge in [0.15, 0.2) is 0 Å². The maximum Gasteiger partial charge on any atom is 0.225 e. The number of nitrogens with zero attached hydrogens (tertiary/aromatic N) is 2. The molecule has 0 bridgehead atoms. The van der Waals surface area contributed by atoms with Crippen molar-refractivity contribution in [2.24, 2.45) is 5.92 Å². The highest BCUT2D eigenvalue weighted by Crippen LogP contribution is 2.25. The minimum atomic E-state index is 0.464. The van der Waals surface area contributed by atoms with Gasteiger partial charge in [0.1, 0.15) is 10.4 Å². The Labute approximate surface area is 111 Å². The molecule has 0 radical (unpaired) electrons. The lowest BCUT2D eigenvalue weighted by Crippen LogP contribution is -2.27. The molecule has 2 rings (SSSR count). The number of halogens is 1. The van der Waals surface area contributed by atoms with E-state index in [4.69, 9.17) is 5.73 Å². The fraction of sp³-hybridized carbons (Fsp3) is 0.667. The molecule has 17 heavy (non-hydrogen) atoms. The van der Waals surface area contributed by atoms with Crippen molar-refractivity contribution in [2.75, 3.05) is 11.1 Å². The lowest BCUT2D eigenvalue weighted by atomic mass is 9.97. The predicted molar refractivity (Wildman–Crippen MR) is 73.8 cm³/mol. The highest BCUT2D eigenvalue weighted by atomic mass is 79.9. The molecule has 0 saturated heterocycles. The van der Waals surface area contributed by atoms with Gasteiger partial charge in [-0.15, -0.1) is 0 Å². The Hall–Kier alpha value is -0.840. The Morgan fingerprint density at radius 2 is 2.06 bits per heavy atom. The molecule has 1 fully saturated rings. The van der Waals surface area contributed by atoms with Crippen LogP contribution in [0, 0.1) is 5.92 Å². The van der Waals surface area contributed by atoms with Crippen molar-refractivity contribution < 1.29 is 0 Å². The van der Waals surface area contributed by atoms with Gasteiger partial charge in [-0.3, -0.25) is 0 Å². The Kier molecular flexibility index (Phi) is 4.20. The lowest BCUT2D eigenvalue weighted by molar-refractivity contribution is 0.454. The third-order valence-electron chi connectivity index (χ3n) is 3.39. The number of aromatic nitrogens is 2. The van der Waals surface area contributed by atoms with Crippen molar-refractivity contribution >= 4 is 27.7 Å². The van der Waals surface area contributed by atoms with Crippen LogP contribution in [0.1, 0.15) is 39.0 Å². The van der Waals surface area contributed by atoms with Crippen LogP contribution in [0.25, 0.3) is 0 Å². The number of nitrogens with one attached hydrogen (secondary N) is 1. The summed E-state index contributed by atoms with van der Waals surface area (Å²) in [5.41, 5.74) is 5.71. The lowest BCUT2D eigenvalue weighted by Gasteiger charge is -2.22. The first-order chi connectivity index (χ1) is 8.15. The van der Waals surface area contributed by atoms with Crippen molar-refractivity contribution in [1.29, 1.82) is 0 Å². The van der Waals surface area contributed by atoms with Gasteiger partial charge in [-0.05, 0) is 34.7 Å². The predicted octanol–water partition coefficient (Wildman–Crippen LogP) is 3.20. The summed E-state index contributed by atoms with van der Waals surface area (Å²) < 4.78 is 0.730. The van der Waals surface area contributed by atoms with Gasteiger partial charge in [-0.2, -0.15) is 4.98 Å². The Morgan fingerprint density at radius 1 is 1.29 bits per heavy atom. The normalized spacial score (nSPS) is 25.3.